The van der Waals surface area contributed by atoms with E-state index in [0.717, 1.165) is 24.8 Å². The van der Waals surface area contributed by atoms with Gasteiger partial charge in [0.25, 0.3) is 0 Å². The van der Waals surface area contributed by atoms with Crippen molar-refractivity contribution < 1.29 is 44.2 Å². The number of rotatable bonds is 5. The summed E-state index contributed by atoms with van der Waals surface area (Å²) in [6.45, 7) is 4.19. The number of aliphatic hydroxyl groups excluding tert-OH is 2. The summed E-state index contributed by atoms with van der Waals surface area (Å²) < 4.78 is 23.0. The Morgan fingerprint density at radius 3 is 2.54 bits per heavy atom. The molecule has 9 nitrogen and oxygen atoms in total. The van der Waals surface area contributed by atoms with Gasteiger partial charge in [-0.25, -0.2) is 4.79 Å². The van der Waals surface area contributed by atoms with Gasteiger partial charge in [0, 0.05) is 36.9 Å². The van der Waals surface area contributed by atoms with Crippen molar-refractivity contribution in [1.29, 1.82) is 0 Å². The van der Waals surface area contributed by atoms with Crippen LogP contribution in [0.1, 0.15) is 78.1 Å². The Kier molecular flexibility index (Phi) is 7.02. The van der Waals surface area contributed by atoms with Crippen LogP contribution in [-0.2, 0) is 23.7 Å². The molecular formula is C30H46O9. The number of hydrogen-bond donors (Lipinski definition) is 4. The number of carbonyl (C=O) groups excluding carboxylic acids is 1. The Hall–Kier alpha value is -1.07. The predicted molar refractivity (Wildman–Crippen MR) is 139 cm³/mol. The maximum absolute atomic E-state index is 12.4. The summed E-state index contributed by atoms with van der Waals surface area (Å²) in [5.41, 5.74) is -2.06. The summed E-state index contributed by atoms with van der Waals surface area (Å²) in [5.74, 6) is -0.192. The van der Waals surface area contributed by atoms with Crippen molar-refractivity contribution in [2.75, 3.05) is 20.3 Å². The topological polar surface area (TPSA) is 135 Å². The Labute approximate surface area is 230 Å². The number of methoxy groups -OCH3 is 1. The molecule has 4 aliphatic carbocycles. The average Bonchev–Trinajstić information content (AvgIpc) is 3.45. The molecule has 0 amide bonds. The minimum absolute atomic E-state index is 0.00781. The van der Waals surface area contributed by atoms with E-state index in [1.807, 2.05) is 6.92 Å². The van der Waals surface area contributed by atoms with Gasteiger partial charge in [0.1, 0.15) is 12.7 Å². The minimum atomic E-state index is -1.09. The van der Waals surface area contributed by atoms with Crippen molar-refractivity contribution in [3.8, 4) is 0 Å². The van der Waals surface area contributed by atoms with Crippen LogP contribution in [0.25, 0.3) is 0 Å². The highest BCUT2D eigenvalue weighted by molar-refractivity contribution is 5.85. The van der Waals surface area contributed by atoms with E-state index in [1.54, 1.807) is 13.2 Å². The van der Waals surface area contributed by atoms with Crippen LogP contribution < -0.4 is 0 Å². The Morgan fingerprint density at radius 1 is 1.08 bits per heavy atom. The van der Waals surface area contributed by atoms with Crippen LogP contribution in [0.2, 0.25) is 0 Å². The Bertz CT molecular complexity index is 1000. The fourth-order valence-electron chi connectivity index (χ4n) is 10.2. The molecule has 4 saturated carbocycles. The highest BCUT2D eigenvalue weighted by Gasteiger charge is 2.71. The van der Waals surface area contributed by atoms with Crippen molar-refractivity contribution in [3.05, 3.63) is 11.6 Å². The van der Waals surface area contributed by atoms with Gasteiger partial charge in [0.2, 0.25) is 0 Å². The summed E-state index contributed by atoms with van der Waals surface area (Å²) >= 11 is 0. The lowest BCUT2D eigenvalue weighted by Crippen LogP contribution is -2.69. The van der Waals surface area contributed by atoms with Crippen LogP contribution in [-0.4, -0.2) is 88.6 Å². The van der Waals surface area contributed by atoms with Crippen LogP contribution in [0, 0.1) is 28.6 Å². The van der Waals surface area contributed by atoms with Crippen LogP contribution in [0.3, 0.4) is 0 Å². The second kappa shape index (κ2) is 9.75. The molecule has 0 aromatic heterocycles. The molecule has 6 aliphatic rings. The summed E-state index contributed by atoms with van der Waals surface area (Å²) in [5, 5.41) is 45.9. The molecule has 12 atom stereocenters. The van der Waals surface area contributed by atoms with Crippen LogP contribution in [0.4, 0.5) is 0 Å². The minimum Gasteiger partial charge on any atom is -0.458 e. The van der Waals surface area contributed by atoms with Crippen molar-refractivity contribution >= 4 is 5.97 Å². The van der Waals surface area contributed by atoms with Crippen molar-refractivity contribution in [3.63, 3.8) is 0 Å². The summed E-state index contributed by atoms with van der Waals surface area (Å²) in [7, 11) is 1.58. The molecule has 0 aromatic carbocycles. The molecule has 6 rings (SSSR count). The molecule has 0 spiro atoms. The molecule has 0 aromatic rings. The number of carbonyl (C=O) groups is 1. The zero-order valence-corrected chi connectivity index (χ0v) is 23.5. The fourth-order valence-corrected chi connectivity index (χ4v) is 10.2. The smallest absolute Gasteiger partial charge is 0.331 e. The molecule has 39 heavy (non-hydrogen) atoms. The predicted octanol–water partition coefficient (Wildman–Crippen LogP) is 2.23. The van der Waals surface area contributed by atoms with E-state index in [2.05, 4.69) is 6.92 Å². The van der Waals surface area contributed by atoms with Gasteiger partial charge in [0.15, 0.2) is 6.29 Å². The van der Waals surface area contributed by atoms with Crippen molar-refractivity contribution in [2.45, 2.75) is 120 Å². The van der Waals surface area contributed by atoms with Gasteiger partial charge in [-0.2, -0.15) is 0 Å². The summed E-state index contributed by atoms with van der Waals surface area (Å²) in [6, 6.07) is 0. The van der Waals surface area contributed by atoms with E-state index in [0.29, 0.717) is 51.6 Å². The first-order valence-corrected chi connectivity index (χ1v) is 14.9. The third-order valence-electron chi connectivity index (χ3n) is 12.3. The lowest BCUT2D eigenvalue weighted by Gasteiger charge is -2.66. The first-order chi connectivity index (χ1) is 18.5. The number of fused-ring (bicyclic) bond motifs is 5. The molecule has 220 valence electrons. The highest BCUT2D eigenvalue weighted by atomic mass is 16.7. The molecule has 0 bridgehead atoms. The SMILES string of the molecule is CO[C@@H]1C[C@H](O[C@H]2CC[C@]3(CO)[C@H]4CC[C@]5(C)[C@@H](C6=CC(=O)OC6)CC[C@]5(O)[C@H]4CC[C@]3(O)C2)O[C@H](C)[C@H]1O. The molecule has 0 unspecified atom stereocenters. The third-order valence-corrected chi connectivity index (χ3v) is 12.3. The third kappa shape index (κ3) is 4.02. The van der Waals surface area contributed by atoms with Gasteiger partial charge in [-0.1, -0.05) is 6.92 Å². The Balaban J connectivity index is 1.20. The van der Waals surface area contributed by atoms with Gasteiger partial charge >= 0.3 is 5.97 Å². The standard InChI is InChI=1S/C30H46O9/c1-17-26(33)23(36-3)13-25(38-17)39-19-4-9-28(16-31)21-5-8-27(2)20(18-12-24(32)37-15-18)7-11-30(27,35)22(21)6-10-29(28,34)14-19/h12,17,19-23,25-26,31,33-35H,4-11,13-16H2,1-3H3/t17-,19+,20-,21+,22+,23-,25+,26-,27-,28+,29+,30+/m1/s1. The molecule has 2 heterocycles. The number of ether oxygens (including phenoxy) is 4. The monoisotopic (exact) mass is 550 g/mol. The number of hydrogen-bond acceptors (Lipinski definition) is 9. The van der Waals surface area contributed by atoms with Gasteiger partial charge < -0.3 is 39.4 Å². The normalized spacial score (nSPS) is 53.4. The van der Waals surface area contributed by atoms with Crippen LogP contribution in [0.5, 0.6) is 0 Å². The molecule has 2 aliphatic heterocycles. The van der Waals surface area contributed by atoms with E-state index < -0.39 is 35.1 Å². The van der Waals surface area contributed by atoms with Crippen molar-refractivity contribution in [2.24, 2.45) is 28.6 Å². The van der Waals surface area contributed by atoms with E-state index in [-0.39, 0.29) is 48.0 Å². The van der Waals surface area contributed by atoms with Crippen molar-refractivity contribution in [1.82, 2.24) is 0 Å². The van der Waals surface area contributed by atoms with E-state index >= 15 is 0 Å². The lowest BCUT2D eigenvalue weighted by molar-refractivity contribution is -0.298. The van der Waals surface area contributed by atoms with Gasteiger partial charge in [-0.05, 0) is 81.6 Å². The van der Waals surface area contributed by atoms with Gasteiger partial charge in [-0.3, -0.25) is 0 Å². The average molecular weight is 551 g/mol. The number of aliphatic hydroxyl groups is 4. The molecule has 1 saturated heterocycles. The second-order valence-corrected chi connectivity index (χ2v) is 13.7. The van der Waals surface area contributed by atoms with E-state index in [1.165, 1.54) is 0 Å². The maximum Gasteiger partial charge on any atom is 0.331 e. The molecular weight excluding hydrogens is 504 g/mol. The summed E-state index contributed by atoms with van der Waals surface area (Å²) in [4.78, 5) is 11.8. The largest absolute Gasteiger partial charge is 0.458 e. The van der Waals surface area contributed by atoms with E-state index in [9.17, 15) is 25.2 Å². The number of cyclic esters (lactones) is 1. The van der Waals surface area contributed by atoms with Crippen LogP contribution in [0.15, 0.2) is 11.6 Å². The quantitative estimate of drug-likeness (QED) is 0.300. The highest BCUT2D eigenvalue weighted by Crippen LogP contribution is 2.70. The molecule has 0 radical (unpaired) electrons. The zero-order chi connectivity index (χ0) is 27.8. The number of esters is 1. The summed E-state index contributed by atoms with van der Waals surface area (Å²) in [6.07, 6.45) is 5.82. The van der Waals surface area contributed by atoms with Gasteiger partial charge in [0.05, 0.1) is 36.1 Å². The first kappa shape index (κ1) is 28.1. The fraction of sp³-hybridized carbons (Fsp3) is 0.900. The van der Waals surface area contributed by atoms with Gasteiger partial charge in [-0.15, -0.1) is 0 Å². The molecule has 9 heteroatoms. The second-order valence-electron chi connectivity index (χ2n) is 13.7. The zero-order valence-electron chi connectivity index (χ0n) is 23.5. The maximum atomic E-state index is 12.4. The first-order valence-electron chi connectivity index (χ1n) is 14.9. The Morgan fingerprint density at radius 2 is 1.85 bits per heavy atom. The lowest BCUT2D eigenvalue weighted by atomic mass is 9.41. The molecule has 5 fully saturated rings. The molecule has 4 N–H and O–H groups in total. The van der Waals surface area contributed by atoms with E-state index in [4.69, 9.17) is 18.9 Å². The van der Waals surface area contributed by atoms with Crippen LogP contribution >= 0.6 is 0 Å².